The topological polar surface area (TPSA) is 63.9 Å². The fourth-order valence-corrected chi connectivity index (χ4v) is 6.13. The Labute approximate surface area is 252 Å². The molecular formula is C32H29Cl2N3O3S. The van der Waals surface area contributed by atoms with Crippen molar-refractivity contribution in [3.63, 3.8) is 0 Å². The number of amides is 1. The average Bonchev–Trinajstić information content (AvgIpc) is 3.27. The van der Waals surface area contributed by atoms with Gasteiger partial charge >= 0.3 is 0 Å². The van der Waals surface area contributed by atoms with Gasteiger partial charge in [0.25, 0.3) is 11.5 Å². The minimum atomic E-state index is -0.618. The molecule has 41 heavy (non-hydrogen) atoms. The molecule has 0 saturated heterocycles. The molecule has 210 valence electrons. The molecule has 4 aromatic rings. The Balaban J connectivity index is 1.55. The highest BCUT2D eigenvalue weighted by atomic mass is 35.5. The number of likely N-dealkylation sites (N-methyl/N-ethyl adjacent to an activating group) is 1. The van der Waals surface area contributed by atoms with E-state index in [0.29, 0.717) is 56.1 Å². The summed E-state index contributed by atoms with van der Waals surface area (Å²) in [6, 6.07) is 21.7. The van der Waals surface area contributed by atoms with E-state index >= 15 is 0 Å². The van der Waals surface area contributed by atoms with Crippen LogP contribution in [-0.2, 0) is 11.4 Å². The number of carbonyl (C=O) groups is 1. The maximum Gasteiger partial charge on any atom is 0.271 e. The third kappa shape index (κ3) is 6.17. The van der Waals surface area contributed by atoms with Crippen LogP contribution >= 0.6 is 34.5 Å². The summed E-state index contributed by atoms with van der Waals surface area (Å²) in [5.74, 6) is 0.555. The molecule has 1 aromatic heterocycles. The lowest BCUT2D eigenvalue weighted by molar-refractivity contribution is -0.127. The predicted octanol–water partition coefficient (Wildman–Crippen LogP) is 5.99. The first kappa shape index (κ1) is 28.9. The Hall–Kier alpha value is -3.65. The third-order valence-electron chi connectivity index (χ3n) is 6.96. The Morgan fingerprint density at radius 1 is 1.02 bits per heavy atom. The number of halogens is 2. The average molecular weight is 607 g/mol. The van der Waals surface area contributed by atoms with Crippen LogP contribution in [0.2, 0.25) is 10.0 Å². The van der Waals surface area contributed by atoms with E-state index in [1.54, 1.807) is 21.6 Å². The lowest BCUT2D eigenvalue weighted by Crippen LogP contribution is -2.43. The van der Waals surface area contributed by atoms with E-state index in [0.717, 1.165) is 16.7 Å². The highest BCUT2D eigenvalue weighted by Crippen LogP contribution is 2.32. The van der Waals surface area contributed by atoms with Gasteiger partial charge in [-0.25, -0.2) is 4.99 Å². The Morgan fingerprint density at radius 2 is 1.68 bits per heavy atom. The summed E-state index contributed by atoms with van der Waals surface area (Å²) in [5, 5.41) is 1.26. The van der Waals surface area contributed by atoms with Crippen molar-refractivity contribution in [3.8, 4) is 5.75 Å². The van der Waals surface area contributed by atoms with Crippen LogP contribution in [0.4, 0.5) is 0 Å². The van der Waals surface area contributed by atoms with Crippen molar-refractivity contribution in [3.05, 3.63) is 130 Å². The fourth-order valence-electron chi connectivity index (χ4n) is 4.83. The van der Waals surface area contributed by atoms with Crippen LogP contribution in [0.5, 0.6) is 5.75 Å². The van der Waals surface area contributed by atoms with Crippen LogP contribution in [0.15, 0.2) is 93.9 Å². The molecule has 0 fully saturated rings. The Kier molecular flexibility index (Phi) is 8.78. The first-order valence-corrected chi connectivity index (χ1v) is 14.9. The van der Waals surface area contributed by atoms with E-state index in [4.69, 9.17) is 32.9 Å². The zero-order valence-corrected chi connectivity index (χ0v) is 25.3. The minimum Gasteiger partial charge on any atom is -0.489 e. The predicted molar refractivity (Wildman–Crippen MR) is 165 cm³/mol. The molecule has 6 nitrogen and oxygen atoms in total. The summed E-state index contributed by atoms with van der Waals surface area (Å²) in [6.07, 6.45) is 1.84. The highest BCUT2D eigenvalue weighted by molar-refractivity contribution is 7.07. The molecule has 1 atom stereocenters. The standard InChI is InChI=1S/C32H29Cl2N3O3S/c1-4-36(5-2)31(39)28-20(3)35-32-37(29(28)23-11-15-25(34)16-12-23)30(38)27(41-32)18-22-7-6-8-26(17-22)40-19-21-9-13-24(33)14-10-21/h6-18,29H,4-5,19H2,1-3H3/b27-18+/t29-/m1/s1. The summed E-state index contributed by atoms with van der Waals surface area (Å²) in [4.78, 5) is 34.7. The number of thiazole rings is 1. The van der Waals surface area contributed by atoms with Crippen molar-refractivity contribution in [1.29, 1.82) is 0 Å². The molecule has 9 heteroatoms. The second-order valence-electron chi connectivity index (χ2n) is 9.60. The first-order chi connectivity index (χ1) is 19.8. The fraction of sp³-hybridized carbons (Fsp3) is 0.219. The zero-order valence-electron chi connectivity index (χ0n) is 22.9. The smallest absolute Gasteiger partial charge is 0.271 e. The number of hydrogen-bond donors (Lipinski definition) is 0. The van der Waals surface area contributed by atoms with Crippen molar-refractivity contribution in [1.82, 2.24) is 9.47 Å². The molecule has 0 spiro atoms. The molecule has 2 heterocycles. The minimum absolute atomic E-state index is 0.129. The molecule has 0 aliphatic carbocycles. The van der Waals surface area contributed by atoms with E-state index in [9.17, 15) is 9.59 Å². The van der Waals surface area contributed by atoms with Crippen LogP contribution in [0, 0.1) is 0 Å². The van der Waals surface area contributed by atoms with Gasteiger partial charge < -0.3 is 9.64 Å². The second kappa shape index (κ2) is 12.5. The van der Waals surface area contributed by atoms with Crippen LogP contribution < -0.4 is 19.6 Å². The SMILES string of the molecule is CCN(CC)C(=O)C1=C(C)N=c2s/c(=C/c3cccc(OCc4ccc(Cl)cc4)c3)c(=O)n2[C@@H]1c1ccc(Cl)cc1. The molecule has 3 aromatic carbocycles. The van der Waals surface area contributed by atoms with E-state index < -0.39 is 6.04 Å². The summed E-state index contributed by atoms with van der Waals surface area (Å²) >= 11 is 13.5. The van der Waals surface area contributed by atoms with Gasteiger partial charge in [-0.1, -0.05) is 70.9 Å². The Morgan fingerprint density at radius 3 is 2.34 bits per heavy atom. The normalized spacial score (nSPS) is 15.0. The maximum atomic E-state index is 13.9. The van der Waals surface area contributed by atoms with E-state index in [1.165, 1.54) is 11.3 Å². The molecule has 0 radical (unpaired) electrons. The van der Waals surface area contributed by atoms with Gasteiger partial charge in [0.15, 0.2) is 4.80 Å². The van der Waals surface area contributed by atoms with Crippen molar-refractivity contribution in [2.24, 2.45) is 4.99 Å². The van der Waals surface area contributed by atoms with Gasteiger partial charge in [-0.3, -0.25) is 14.2 Å². The van der Waals surface area contributed by atoms with Crippen molar-refractivity contribution >= 4 is 46.5 Å². The van der Waals surface area contributed by atoms with E-state index in [2.05, 4.69) is 0 Å². The number of nitrogens with zero attached hydrogens (tertiary/aromatic N) is 3. The quantitative estimate of drug-likeness (QED) is 0.248. The molecular weight excluding hydrogens is 577 g/mol. The highest BCUT2D eigenvalue weighted by Gasteiger charge is 2.34. The number of benzene rings is 3. The van der Waals surface area contributed by atoms with Crippen LogP contribution in [0.25, 0.3) is 6.08 Å². The molecule has 5 rings (SSSR count). The zero-order chi connectivity index (χ0) is 29.1. The molecule has 1 aliphatic heterocycles. The lowest BCUT2D eigenvalue weighted by atomic mass is 9.94. The number of allylic oxidation sites excluding steroid dienone is 1. The molecule has 0 N–H and O–H groups in total. The monoisotopic (exact) mass is 605 g/mol. The first-order valence-electron chi connectivity index (χ1n) is 13.3. The van der Waals surface area contributed by atoms with Crippen LogP contribution in [0.3, 0.4) is 0 Å². The summed E-state index contributed by atoms with van der Waals surface area (Å²) < 4.78 is 8.13. The van der Waals surface area contributed by atoms with Gasteiger partial charge in [0, 0.05) is 23.1 Å². The van der Waals surface area contributed by atoms with Crippen molar-refractivity contribution in [2.45, 2.75) is 33.4 Å². The van der Waals surface area contributed by atoms with Crippen molar-refractivity contribution < 1.29 is 9.53 Å². The van der Waals surface area contributed by atoms with Gasteiger partial charge in [-0.15, -0.1) is 0 Å². The molecule has 1 aliphatic rings. The number of hydrogen-bond acceptors (Lipinski definition) is 5. The summed E-state index contributed by atoms with van der Waals surface area (Å²) in [5.41, 5.74) is 3.51. The second-order valence-corrected chi connectivity index (χ2v) is 11.5. The molecule has 0 saturated carbocycles. The Bertz CT molecular complexity index is 1790. The number of ether oxygens (including phenoxy) is 1. The number of aromatic nitrogens is 1. The van der Waals surface area contributed by atoms with Crippen molar-refractivity contribution in [2.75, 3.05) is 13.1 Å². The van der Waals surface area contributed by atoms with Gasteiger partial charge in [0.1, 0.15) is 12.4 Å². The largest absolute Gasteiger partial charge is 0.489 e. The van der Waals surface area contributed by atoms with E-state index in [-0.39, 0.29) is 11.5 Å². The van der Waals surface area contributed by atoms with Gasteiger partial charge in [-0.2, -0.15) is 0 Å². The maximum absolute atomic E-state index is 13.9. The third-order valence-corrected chi connectivity index (χ3v) is 8.45. The van der Waals surface area contributed by atoms with E-state index in [1.807, 2.05) is 87.5 Å². The van der Waals surface area contributed by atoms with Crippen LogP contribution in [-0.4, -0.2) is 28.5 Å². The van der Waals surface area contributed by atoms with Gasteiger partial charge in [0.05, 0.1) is 21.8 Å². The molecule has 1 amide bonds. The summed E-state index contributed by atoms with van der Waals surface area (Å²) in [6.45, 7) is 7.22. The summed E-state index contributed by atoms with van der Waals surface area (Å²) in [7, 11) is 0. The van der Waals surface area contributed by atoms with Gasteiger partial charge in [-0.05, 0) is 79.9 Å². The molecule has 0 bridgehead atoms. The number of fused-ring (bicyclic) bond motifs is 1. The lowest BCUT2D eigenvalue weighted by Gasteiger charge is -2.29. The molecule has 0 unspecified atom stereocenters. The number of rotatable bonds is 8. The van der Waals surface area contributed by atoms with Gasteiger partial charge in [0.2, 0.25) is 0 Å². The van der Waals surface area contributed by atoms with Crippen LogP contribution in [0.1, 0.15) is 43.5 Å². The number of carbonyl (C=O) groups excluding carboxylic acids is 1.